The monoisotopic (exact) mass is 384 g/mol. The van der Waals surface area contributed by atoms with Crippen molar-refractivity contribution < 1.29 is 9.47 Å². The van der Waals surface area contributed by atoms with E-state index in [-0.39, 0.29) is 0 Å². The Hall–Kier alpha value is -2.99. The molecule has 0 unspecified atom stereocenters. The van der Waals surface area contributed by atoms with Crippen LogP contribution >= 0.6 is 11.6 Å². The van der Waals surface area contributed by atoms with E-state index in [0.29, 0.717) is 11.6 Å². The van der Waals surface area contributed by atoms with Gasteiger partial charge in [0.25, 0.3) is 0 Å². The number of benzene rings is 2. The number of hydrogen-bond donors (Lipinski definition) is 2. The minimum Gasteiger partial charge on any atom is -0.497 e. The summed E-state index contributed by atoms with van der Waals surface area (Å²) in [6, 6.07) is 15.2. The highest BCUT2D eigenvalue weighted by Gasteiger charge is 2.07. The molecule has 2 N–H and O–H groups in total. The van der Waals surface area contributed by atoms with Crippen LogP contribution in [0.25, 0.3) is 0 Å². The van der Waals surface area contributed by atoms with Crippen molar-refractivity contribution in [3.8, 4) is 11.5 Å². The molecule has 0 atom stereocenters. The maximum absolute atomic E-state index is 6.02. The van der Waals surface area contributed by atoms with E-state index in [4.69, 9.17) is 21.1 Å². The number of hydrogen-bond acceptors (Lipinski definition) is 6. The summed E-state index contributed by atoms with van der Waals surface area (Å²) in [5, 5.41) is 7.28. The van der Waals surface area contributed by atoms with Crippen LogP contribution < -0.4 is 20.1 Å². The number of ether oxygens (including phenoxy) is 2. The van der Waals surface area contributed by atoms with Gasteiger partial charge < -0.3 is 20.1 Å². The first-order valence-corrected chi connectivity index (χ1v) is 8.85. The average Bonchev–Trinajstić information content (AvgIpc) is 2.68. The number of rotatable bonds is 8. The molecule has 3 aromatic rings. The lowest BCUT2D eigenvalue weighted by atomic mass is 10.1. The molecule has 1 heterocycles. The molecular formula is C20H21ClN4O2. The van der Waals surface area contributed by atoms with Gasteiger partial charge in [-0.2, -0.15) is 0 Å². The first-order valence-electron chi connectivity index (χ1n) is 8.47. The second kappa shape index (κ2) is 9.09. The van der Waals surface area contributed by atoms with E-state index in [2.05, 4.69) is 26.7 Å². The zero-order valence-electron chi connectivity index (χ0n) is 15.2. The van der Waals surface area contributed by atoms with Gasteiger partial charge in [0.1, 0.15) is 29.5 Å². The van der Waals surface area contributed by atoms with Gasteiger partial charge in [-0.15, -0.1) is 0 Å². The molecule has 0 bridgehead atoms. The Kier molecular flexibility index (Phi) is 6.33. The normalized spacial score (nSPS) is 10.3. The lowest BCUT2D eigenvalue weighted by Crippen LogP contribution is -2.07. The second-order valence-electron chi connectivity index (χ2n) is 5.79. The van der Waals surface area contributed by atoms with Gasteiger partial charge in [0.05, 0.1) is 19.9 Å². The molecule has 7 heteroatoms. The topological polar surface area (TPSA) is 68.3 Å². The van der Waals surface area contributed by atoms with E-state index in [0.717, 1.165) is 35.2 Å². The van der Waals surface area contributed by atoms with Gasteiger partial charge in [-0.3, -0.25) is 0 Å². The Morgan fingerprint density at radius 1 is 0.963 bits per heavy atom. The summed E-state index contributed by atoms with van der Waals surface area (Å²) in [5.41, 5.74) is 1.93. The first-order chi connectivity index (χ1) is 13.2. The van der Waals surface area contributed by atoms with Crippen LogP contribution in [0.2, 0.25) is 5.02 Å². The van der Waals surface area contributed by atoms with Crippen molar-refractivity contribution in [2.24, 2.45) is 0 Å². The second-order valence-corrected chi connectivity index (χ2v) is 6.22. The summed E-state index contributed by atoms with van der Waals surface area (Å²) in [7, 11) is 3.24. The number of nitrogens with one attached hydrogen (secondary N) is 2. The highest BCUT2D eigenvalue weighted by molar-refractivity contribution is 6.30. The summed E-state index contributed by atoms with van der Waals surface area (Å²) in [5.74, 6) is 2.82. The minimum absolute atomic E-state index is 0.654. The largest absolute Gasteiger partial charge is 0.497 e. The third-order valence-electron chi connectivity index (χ3n) is 3.95. The lowest BCUT2D eigenvalue weighted by Gasteiger charge is -2.13. The van der Waals surface area contributed by atoms with E-state index in [1.165, 1.54) is 11.9 Å². The highest BCUT2D eigenvalue weighted by Crippen LogP contribution is 2.31. The summed E-state index contributed by atoms with van der Waals surface area (Å²) in [6.45, 7) is 0.735. The summed E-state index contributed by atoms with van der Waals surface area (Å²) in [6.07, 6.45) is 2.35. The molecule has 0 fully saturated rings. The van der Waals surface area contributed by atoms with Gasteiger partial charge in [0, 0.05) is 23.7 Å². The summed E-state index contributed by atoms with van der Waals surface area (Å²) < 4.78 is 10.7. The number of halogens is 1. The third-order valence-corrected chi connectivity index (χ3v) is 4.18. The molecule has 0 aliphatic rings. The fourth-order valence-electron chi connectivity index (χ4n) is 2.60. The molecule has 0 radical (unpaired) electrons. The van der Waals surface area contributed by atoms with Crippen LogP contribution in [0.4, 0.5) is 17.3 Å². The minimum atomic E-state index is 0.654. The van der Waals surface area contributed by atoms with Gasteiger partial charge in [0.2, 0.25) is 0 Å². The highest BCUT2D eigenvalue weighted by atomic mass is 35.5. The zero-order chi connectivity index (χ0) is 19.1. The van der Waals surface area contributed by atoms with Gasteiger partial charge in [-0.05, 0) is 36.2 Å². The molecule has 0 amide bonds. The predicted octanol–water partition coefficient (Wildman–Crippen LogP) is 4.55. The average molecular weight is 385 g/mol. The maximum Gasteiger partial charge on any atom is 0.142 e. The number of methoxy groups -OCH3 is 2. The number of anilines is 3. The quantitative estimate of drug-likeness (QED) is 0.594. The lowest BCUT2D eigenvalue weighted by molar-refractivity contribution is 0.405. The molecule has 2 aromatic carbocycles. The number of nitrogens with zero attached hydrogens (tertiary/aromatic N) is 2. The van der Waals surface area contributed by atoms with Crippen molar-refractivity contribution in [3.05, 3.63) is 65.4 Å². The van der Waals surface area contributed by atoms with E-state index >= 15 is 0 Å². The molecule has 0 saturated carbocycles. The van der Waals surface area contributed by atoms with Crippen molar-refractivity contribution in [1.82, 2.24) is 9.97 Å². The molecule has 1 aromatic heterocycles. The van der Waals surface area contributed by atoms with Gasteiger partial charge in [0.15, 0.2) is 0 Å². The number of aromatic nitrogens is 2. The Morgan fingerprint density at radius 2 is 1.81 bits per heavy atom. The first kappa shape index (κ1) is 18.8. The van der Waals surface area contributed by atoms with Crippen LogP contribution in [-0.2, 0) is 6.42 Å². The van der Waals surface area contributed by atoms with Crippen molar-refractivity contribution in [3.63, 3.8) is 0 Å². The molecular weight excluding hydrogens is 364 g/mol. The smallest absolute Gasteiger partial charge is 0.142 e. The maximum atomic E-state index is 6.02. The Balaban J connectivity index is 1.65. The Labute approximate surface area is 163 Å². The Bertz CT molecular complexity index is 905. The predicted molar refractivity (Wildman–Crippen MR) is 109 cm³/mol. The summed E-state index contributed by atoms with van der Waals surface area (Å²) in [4.78, 5) is 8.53. The molecule has 0 spiro atoms. The van der Waals surface area contributed by atoms with Crippen LogP contribution in [-0.4, -0.2) is 30.7 Å². The fourth-order valence-corrected chi connectivity index (χ4v) is 2.81. The van der Waals surface area contributed by atoms with E-state index in [1.54, 1.807) is 14.2 Å². The SMILES string of the molecule is COc1ccc(OC)c(Nc2cc(NCCc3cccc(Cl)c3)ncn2)c1. The molecule has 140 valence electrons. The van der Waals surface area contributed by atoms with Crippen LogP contribution in [0, 0.1) is 0 Å². The van der Waals surface area contributed by atoms with Crippen molar-refractivity contribution in [1.29, 1.82) is 0 Å². The van der Waals surface area contributed by atoms with Crippen molar-refractivity contribution >= 4 is 28.9 Å². The van der Waals surface area contributed by atoms with E-state index < -0.39 is 0 Å². The molecule has 27 heavy (non-hydrogen) atoms. The van der Waals surface area contributed by atoms with Crippen LogP contribution in [0.5, 0.6) is 11.5 Å². The van der Waals surface area contributed by atoms with Crippen LogP contribution in [0.15, 0.2) is 54.9 Å². The van der Waals surface area contributed by atoms with Gasteiger partial charge in [-0.1, -0.05) is 23.7 Å². The molecule has 0 saturated heterocycles. The Morgan fingerprint density at radius 3 is 2.59 bits per heavy atom. The van der Waals surface area contributed by atoms with Crippen molar-refractivity contribution in [2.75, 3.05) is 31.4 Å². The molecule has 3 rings (SSSR count). The van der Waals surface area contributed by atoms with Gasteiger partial charge in [-0.25, -0.2) is 9.97 Å². The van der Waals surface area contributed by atoms with E-state index in [1.807, 2.05) is 42.5 Å². The fraction of sp³-hybridized carbons (Fsp3) is 0.200. The van der Waals surface area contributed by atoms with E-state index in [9.17, 15) is 0 Å². The molecule has 6 nitrogen and oxygen atoms in total. The molecule has 0 aliphatic carbocycles. The standard InChI is InChI=1S/C20H21ClN4O2/c1-26-16-6-7-18(27-2)17(11-16)25-20-12-19(23-13-24-20)22-9-8-14-4-3-5-15(21)10-14/h3-7,10-13H,8-9H2,1-2H3,(H2,22,23,24,25). The molecule has 0 aliphatic heterocycles. The van der Waals surface area contributed by atoms with Crippen LogP contribution in [0.1, 0.15) is 5.56 Å². The third kappa shape index (κ3) is 5.24. The zero-order valence-corrected chi connectivity index (χ0v) is 16.0. The van der Waals surface area contributed by atoms with Crippen molar-refractivity contribution in [2.45, 2.75) is 6.42 Å². The van der Waals surface area contributed by atoms with Crippen LogP contribution in [0.3, 0.4) is 0 Å². The summed E-state index contributed by atoms with van der Waals surface area (Å²) >= 11 is 6.02. The van der Waals surface area contributed by atoms with Gasteiger partial charge >= 0.3 is 0 Å².